The van der Waals surface area contributed by atoms with Crippen molar-refractivity contribution >= 4 is 5.91 Å². The monoisotopic (exact) mass is 325 g/mol. The summed E-state index contributed by atoms with van der Waals surface area (Å²) < 4.78 is 46.1. The molecule has 8 heteroatoms. The van der Waals surface area contributed by atoms with Gasteiger partial charge in [-0.25, -0.2) is 13.2 Å². The van der Waals surface area contributed by atoms with Gasteiger partial charge in [-0.3, -0.25) is 4.79 Å². The van der Waals surface area contributed by atoms with Crippen LogP contribution in [0.2, 0.25) is 0 Å². The van der Waals surface area contributed by atoms with Crippen LogP contribution < -0.4 is 0 Å². The number of likely N-dealkylation sites (tertiary alicyclic amines) is 1. The highest BCUT2D eigenvalue weighted by Gasteiger charge is 2.49. The number of halogens is 3. The zero-order valence-electron chi connectivity index (χ0n) is 12.3. The van der Waals surface area contributed by atoms with E-state index in [1.54, 1.807) is 13.0 Å². The molecule has 5 nitrogen and oxygen atoms in total. The van der Waals surface area contributed by atoms with Gasteiger partial charge in [0.15, 0.2) is 5.82 Å². The van der Waals surface area contributed by atoms with E-state index in [9.17, 15) is 18.0 Å². The van der Waals surface area contributed by atoms with Gasteiger partial charge in [0, 0.05) is 6.42 Å². The summed E-state index contributed by atoms with van der Waals surface area (Å²) in [6.45, 7) is 0.817. The van der Waals surface area contributed by atoms with E-state index < -0.39 is 36.7 Å². The van der Waals surface area contributed by atoms with E-state index in [1.807, 2.05) is 0 Å². The molecule has 1 fully saturated rings. The highest BCUT2D eigenvalue weighted by Crippen LogP contribution is 2.40. The number of carbonyl (C=O) groups excluding carboxylic acids is 1. The number of carbonyl (C=O) groups is 1. The molecule has 2 aromatic rings. The Morgan fingerprint density at radius 1 is 1.43 bits per heavy atom. The smallest absolute Gasteiger partial charge is 0.267 e. The number of aromatic nitrogens is 2. The summed E-state index contributed by atoms with van der Waals surface area (Å²) in [4.78, 5) is 17.3. The fourth-order valence-corrected chi connectivity index (χ4v) is 2.65. The lowest BCUT2D eigenvalue weighted by Crippen LogP contribution is -2.34. The van der Waals surface area contributed by atoms with Gasteiger partial charge in [0.05, 0.1) is 13.0 Å². The van der Waals surface area contributed by atoms with Crippen molar-refractivity contribution in [3.8, 4) is 0 Å². The third kappa shape index (κ3) is 3.20. The molecule has 122 valence electrons. The van der Waals surface area contributed by atoms with Gasteiger partial charge in [-0.2, -0.15) is 4.98 Å². The first-order chi connectivity index (χ1) is 10.9. The number of nitrogens with zero attached hydrogens (tertiary/aromatic N) is 3. The van der Waals surface area contributed by atoms with Gasteiger partial charge in [0.2, 0.25) is 11.8 Å². The van der Waals surface area contributed by atoms with Crippen molar-refractivity contribution in [3.05, 3.63) is 47.4 Å². The van der Waals surface area contributed by atoms with Crippen molar-refractivity contribution in [2.75, 3.05) is 6.54 Å². The molecule has 1 aliphatic heterocycles. The second-order valence-electron chi connectivity index (χ2n) is 5.55. The van der Waals surface area contributed by atoms with Gasteiger partial charge >= 0.3 is 0 Å². The highest BCUT2D eigenvalue weighted by molar-refractivity contribution is 5.79. The van der Waals surface area contributed by atoms with Crippen molar-refractivity contribution in [2.24, 2.45) is 0 Å². The molecule has 1 saturated heterocycles. The Morgan fingerprint density at radius 3 is 2.83 bits per heavy atom. The quantitative estimate of drug-likeness (QED) is 0.870. The number of hydrogen-bond donors (Lipinski definition) is 0. The minimum atomic E-state index is -3.04. The van der Waals surface area contributed by atoms with E-state index >= 15 is 0 Å². The molecule has 0 bridgehead atoms. The van der Waals surface area contributed by atoms with Crippen LogP contribution in [0.3, 0.4) is 0 Å². The average molecular weight is 325 g/mol. The SMILES string of the molecule is Cc1noc([C@@H]2CC(F)(F)CN2C(=O)Cc2ccccc2F)n1. The molecular weight excluding hydrogens is 311 g/mol. The first-order valence-electron chi connectivity index (χ1n) is 7.07. The topological polar surface area (TPSA) is 59.2 Å². The van der Waals surface area contributed by atoms with Crippen LogP contribution in [0, 0.1) is 12.7 Å². The molecule has 0 radical (unpaired) electrons. The van der Waals surface area contributed by atoms with Gasteiger partial charge in [-0.1, -0.05) is 23.4 Å². The second-order valence-corrected chi connectivity index (χ2v) is 5.55. The standard InChI is InChI=1S/C15H14F3N3O2/c1-9-19-14(23-20-9)12-7-15(17,18)8-21(12)13(22)6-10-4-2-3-5-11(10)16/h2-5,12H,6-8H2,1H3/t12-/m0/s1. The maximum Gasteiger partial charge on any atom is 0.267 e. The molecule has 1 aromatic heterocycles. The maximum absolute atomic E-state index is 13.8. The minimum absolute atomic E-state index is 0.0263. The van der Waals surface area contributed by atoms with Crippen LogP contribution in [0.5, 0.6) is 0 Å². The number of hydrogen-bond acceptors (Lipinski definition) is 4. The van der Waals surface area contributed by atoms with E-state index in [4.69, 9.17) is 4.52 Å². The molecule has 0 saturated carbocycles. The van der Waals surface area contributed by atoms with E-state index in [0.29, 0.717) is 5.82 Å². The minimum Gasteiger partial charge on any atom is -0.337 e. The Balaban J connectivity index is 1.84. The Morgan fingerprint density at radius 2 is 2.17 bits per heavy atom. The fourth-order valence-electron chi connectivity index (χ4n) is 2.65. The Hall–Kier alpha value is -2.38. The van der Waals surface area contributed by atoms with Crippen LogP contribution in [0.1, 0.15) is 29.7 Å². The Kier molecular flexibility index (Phi) is 3.83. The summed E-state index contributed by atoms with van der Waals surface area (Å²) in [5.74, 6) is -3.92. The molecule has 0 spiro atoms. The Bertz CT molecular complexity index is 732. The molecule has 0 aliphatic carbocycles. The third-order valence-electron chi connectivity index (χ3n) is 3.72. The molecule has 1 amide bonds. The lowest BCUT2D eigenvalue weighted by Gasteiger charge is -2.21. The van der Waals surface area contributed by atoms with E-state index in [0.717, 1.165) is 4.90 Å². The van der Waals surface area contributed by atoms with Gasteiger partial charge in [-0.05, 0) is 18.6 Å². The van der Waals surface area contributed by atoms with Crippen molar-refractivity contribution in [1.82, 2.24) is 15.0 Å². The zero-order valence-corrected chi connectivity index (χ0v) is 12.3. The van der Waals surface area contributed by atoms with Crippen LogP contribution >= 0.6 is 0 Å². The normalized spacial score (nSPS) is 20.0. The molecule has 1 aliphatic rings. The molecular formula is C15H14F3N3O2. The first-order valence-corrected chi connectivity index (χ1v) is 7.07. The van der Waals surface area contributed by atoms with Gasteiger partial charge in [-0.15, -0.1) is 0 Å². The highest BCUT2D eigenvalue weighted by atomic mass is 19.3. The number of alkyl halides is 2. The average Bonchev–Trinajstić information content (AvgIpc) is 3.04. The number of rotatable bonds is 3. The molecule has 23 heavy (non-hydrogen) atoms. The third-order valence-corrected chi connectivity index (χ3v) is 3.72. The maximum atomic E-state index is 13.8. The number of aryl methyl sites for hydroxylation is 1. The van der Waals surface area contributed by atoms with Crippen LogP contribution in [0.15, 0.2) is 28.8 Å². The van der Waals surface area contributed by atoms with Crippen LogP contribution in [0.25, 0.3) is 0 Å². The van der Waals surface area contributed by atoms with Crippen molar-refractivity contribution in [1.29, 1.82) is 0 Å². The van der Waals surface area contributed by atoms with Crippen molar-refractivity contribution < 1.29 is 22.5 Å². The van der Waals surface area contributed by atoms with Gasteiger partial charge in [0.25, 0.3) is 5.92 Å². The van der Waals surface area contributed by atoms with Gasteiger partial charge < -0.3 is 9.42 Å². The fraction of sp³-hybridized carbons (Fsp3) is 0.400. The summed E-state index contributed by atoms with van der Waals surface area (Å²) >= 11 is 0. The largest absolute Gasteiger partial charge is 0.337 e. The van der Waals surface area contributed by atoms with E-state index in [2.05, 4.69) is 10.1 Å². The predicted octanol–water partition coefficient (Wildman–Crippen LogP) is 2.67. The Labute approximate surface area is 130 Å². The van der Waals surface area contributed by atoms with Crippen LogP contribution in [-0.4, -0.2) is 33.4 Å². The van der Waals surface area contributed by atoms with E-state index in [-0.39, 0.29) is 17.9 Å². The summed E-state index contributed by atoms with van der Waals surface area (Å²) in [6, 6.07) is 4.76. The lowest BCUT2D eigenvalue weighted by molar-refractivity contribution is -0.133. The molecule has 1 aromatic carbocycles. The summed E-state index contributed by atoms with van der Waals surface area (Å²) in [7, 11) is 0. The second kappa shape index (κ2) is 5.68. The van der Waals surface area contributed by atoms with Gasteiger partial charge in [0.1, 0.15) is 11.9 Å². The molecule has 0 N–H and O–H groups in total. The molecule has 2 heterocycles. The van der Waals surface area contributed by atoms with Crippen molar-refractivity contribution in [3.63, 3.8) is 0 Å². The van der Waals surface area contributed by atoms with Crippen LogP contribution in [-0.2, 0) is 11.2 Å². The summed E-state index contributed by atoms with van der Waals surface area (Å²) in [6.07, 6.45) is -0.885. The molecule has 0 unspecified atom stereocenters. The number of amides is 1. The summed E-state index contributed by atoms with van der Waals surface area (Å²) in [5, 5.41) is 3.57. The first kappa shape index (κ1) is 15.5. The number of benzene rings is 1. The summed E-state index contributed by atoms with van der Waals surface area (Å²) in [5.41, 5.74) is 0.160. The predicted molar refractivity (Wildman–Crippen MR) is 73.2 cm³/mol. The van der Waals surface area contributed by atoms with Crippen molar-refractivity contribution in [2.45, 2.75) is 31.7 Å². The van der Waals surface area contributed by atoms with E-state index in [1.165, 1.54) is 18.2 Å². The zero-order chi connectivity index (χ0) is 16.6. The molecule has 1 atom stereocenters. The molecule has 3 rings (SSSR count). The van der Waals surface area contributed by atoms with Crippen LogP contribution in [0.4, 0.5) is 13.2 Å². The lowest BCUT2D eigenvalue weighted by atomic mass is 10.1.